The third-order valence-corrected chi connectivity index (χ3v) is 6.85. The highest BCUT2D eigenvalue weighted by Crippen LogP contribution is 2.29. The first kappa shape index (κ1) is 27.6. The smallest absolute Gasteiger partial charge is 0.269 e. The number of ether oxygens (including phenoxy) is 1. The van der Waals surface area contributed by atoms with Crippen LogP contribution in [0.25, 0.3) is 0 Å². The fraction of sp³-hybridized carbons (Fsp3) is 0.333. The largest absolute Gasteiger partial charge is 0.493 e. The minimum absolute atomic E-state index is 0.0110. The molecule has 1 aliphatic heterocycles. The second-order valence-electron chi connectivity index (χ2n) is 10.2. The minimum atomic E-state index is -0.405. The van der Waals surface area contributed by atoms with Crippen molar-refractivity contribution in [3.8, 4) is 5.75 Å². The predicted molar refractivity (Wildman–Crippen MR) is 150 cm³/mol. The number of nitro groups is 1. The molecule has 0 spiro atoms. The number of fused-ring (bicyclic) bond motifs is 1. The topological polar surface area (TPSA) is 105 Å². The molecule has 0 aliphatic carbocycles. The van der Waals surface area contributed by atoms with Gasteiger partial charge in [-0.1, -0.05) is 23.3 Å². The molecule has 0 saturated carbocycles. The van der Waals surface area contributed by atoms with E-state index in [1.54, 1.807) is 26.2 Å². The van der Waals surface area contributed by atoms with Crippen molar-refractivity contribution < 1.29 is 19.2 Å². The average Bonchev–Trinajstić information content (AvgIpc) is 2.90. The number of hydrogen-bond donors (Lipinski definition) is 1. The van der Waals surface area contributed by atoms with Gasteiger partial charge in [0, 0.05) is 50.6 Å². The maximum Gasteiger partial charge on any atom is 0.269 e. The Kier molecular flexibility index (Phi) is 8.49. The summed E-state index contributed by atoms with van der Waals surface area (Å²) < 4.78 is 5.68. The van der Waals surface area contributed by atoms with Crippen molar-refractivity contribution in [3.05, 3.63) is 98.6 Å². The Labute approximate surface area is 228 Å². The fourth-order valence-corrected chi connectivity index (χ4v) is 4.82. The first-order valence-electron chi connectivity index (χ1n) is 12.9. The van der Waals surface area contributed by atoms with Crippen LogP contribution in [0.1, 0.15) is 39.0 Å². The van der Waals surface area contributed by atoms with Crippen molar-refractivity contribution in [2.75, 3.05) is 32.6 Å². The van der Waals surface area contributed by atoms with E-state index in [1.807, 2.05) is 61.2 Å². The molecule has 1 atom stereocenters. The lowest BCUT2D eigenvalue weighted by molar-refractivity contribution is -0.385. The molecule has 39 heavy (non-hydrogen) atoms. The van der Waals surface area contributed by atoms with Gasteiger partial charge in [0.05, 0.1) is 24.0 Å². The van der Waals surface area contributed by atoms with E-state index >= 15 is 0 Å². The molecule has 204 valence electrons. The second-order valence-corrected chi connectivity index (χ2v) is 10.2. The van der Waals surface area contributed by atoms with Gasteiger partial charge in [0.25, 0.3) is 11.6 Å². The lowest BCUT2D eigenvalue weighted by Crippen LogP contribution is -2.47. The van der Waals surface area contributed by atoms with Crippen LogP contribution in [0.2, 0.25) is 0 Å². The minimum Gasteiger partial charge on any atom is -0.493 e. The van der Waals surface area contributed by atoms with Crippen LogP contribution >= 0.6 is 0 Å². The maximum absolute atomic E-state index is 13.7. The number of nitrogens with one attached hydrogen (secondary N) is 1. The van der Waals surface area contributed by atoms with Crippen molar-refractivity contribution in [3.63, 3.8) is 0 Å². The van der Waals surface area contributed by atoms with Crippen LogP contribution in [0, 0.1) is 24.0 Å². The van der Waals surface area contributed by atoms with E-state index < -0.39 is 4.92 Å². The van der Waals surface area contributed by atoms with Crippen molar-refractivity contribution >= 4 is 23.2 Å². The fourth-order valence-electron chi connectivity index (χ4n) is 4.82. The SMILES string of the molecule is Cc1cc(C)cc(C(=O)N2Cc3cc([N+](=O)[O-])ccc3CC2CNc2ccc(OCCC(=O)N(C)C)cc2)c1. The molecule has 1 heterocycles. The van der Waals surface area contributed by atoms with E-state index in [0.717, 1.165) is 27.9 Å². The third-order valence-electron chi connectivity index (χ3n) is 6.85. The van der Waals surface area contributed by atoms with Crippen LogP contribution in [0.3, 0.4) is 0 Å². The van der Waals surface area contributed by atoms with Gasteiger partial charge < -0.3 is 19.9 Å². The van der Waals surface area contributed by atoms with E-state index in [4.69, 9.17) is 4.74 Å². The number of carbonyl (C=O) groups is 2. The van der Waals surface area contributed by atoms with Gasteiger partial charge in [-0.25, -0.2) is 0 Å². The number of anilines is 1. The Morgan fingerprint density at radius 1 is 1.03 bits per heavy atom. The Bertz CT molecular complexity index is 1350. The molecule has 4 rings (SSSR count). The van der Waals surface area contributed by atoms with E-state index in [9.17, 15) is 19.7 Å². The second kappa shape index (κ2) is 12.0. The number of non-ortho nitro benzene ring substituents is 1. The molecule has 0 aromatic heterocycles. The zero-order valence-electron chi connectivity index (χ0n) is 22.8. The summed E-state index contributed by atoms with van der Waals surface area (Å²) in [6.07, 6.45) is 0.890. The van der Waals surface area contributed by atoms with Gasteiger partial charge in [0.2, 0.25) is 5.91 Å². The summed E-state index contributed by atoms with van der Waals surface area (Å²) in [4.78, 5) is 39.7. The van der Waals surface area contributed by atoms with E-state index in [-0.39, 0.29) is 23.5 Å². The van der Waals surface area contributed by atoms with Gasteiger partial charge in [0.1, 0.15) is 5.75 Å². The molecule has 0 fully saturated rings. The van der Waals surface area contributed by atoms with Gasteiger partial charge in [-0.15, -0.1) is 0 Å². The summed E-state index contributed by atoms with van der Waals surface area (Å²) in [5.41, 5.74) is 5.34. The summed E-state index contributed by atoms with van der Waals surface area (Å²) in [6, 6.07) is 18.0. The number of rotatable bonds is 9. The van der Waals surface area contributed by atoms with Crippen LogP contribution in [0.4, 0.5) is 11.4 Å². The van der Waals surface area contributed by atoms with Crippen molar-refractivity contribution in [1.29, 1.82) is 0 Å². The third kappa shape index (κ3) is 6.93. The molecule has 1 unspecified atom stereocenters. The standard InChI is InChI=1S/C30H34N4O5/c1-20-13-21(2)15-23(14-20)30(36)33-19-24-17-26(34(37)38)8-5-22(24)16-27(33)18-31-25-6-9-28(10-7-25)39-12-11-29(35)32(3)4/h5-10,13-15,17,27,31H,11-12,16,18-19H2,1-4H3. The zero-order valence-corrected chi connectivity index (χ0v) is 22.8. The number of nitro benzene ring substituents is 1. The molecule has 9 heteroatoms. The van der Waals surface area contributed by atoms with Crippen LogP contribution in [0.15, 0.2) is 60.7 Å². The lowest BCUT2D eigenvalue weighted by atomic mass is 9.92. The van der Waals surface area contributed by atoms with Crippen LogP contribution in [0.5, 0.6) is 5.75 Å². The number of carbonyl (C=O) groups excluding carboxylic acids is 2. The highest BCUT2D eigenvalue weighted by atomic mass is 16.6. The monoisotopic (exact) mass is 530 g/mol. The van der Waals surface area contributed by atoms with Gasteiger partial charge in [0.15, 0.2) is 0 Å². The Morgan fingerprint density at radius 2 is 1.72 bits per heavy atom. The maximum atomic E-state index is 13.7. The van der Waals surface area contributed by atoms with Crippen molar-refractivity contribution in [1.82, 2.24) is 9.80 Å². The summed E-state index contributed by atoms with van der Waals surface area (Å²) in [6.45, 7) is 5.04. The molecule has 1 aliphatic rings. The molecule has 3 aromatic rings. The summed E-state index contributed by atoms with van der Waals surface area (Å²) in [5.74, 6) is 0.588. The lowest BCUT2D eigenvalue weighted by Gasteiger charge is -2.37. The van der Waals surface area contributed by atoms with Crippen LogP contribution < -0.4 is 10.1 Å². The molecular formula is C30H34N4O5. The Morgan fingerprint density at radius 3 is 2.36 bits per heavy atom. The number of amides is 2. The van der Waals surface area contributed by atoms with Crippen molar-refractivity contribution in [2.24, 2.45) is 0 Å². The zero-order chi connectivity index (χ0) is 28.1. The van der Waals surface area contributed by atoms with Gasteiger partial charge in [-0.05, 0) is 67.8 Å². The number of nitrogens with zero attached hydrogens (tertiary/aromatic N) is 3. The van der Waals surface area contributed by atoms with Crippen molar-refractivity contribution in [2.45, 2.75) is 39.3 Å². The Balaban J connectivity index is 1.49. The van der Waals surface area contributed by atoms with Gasteiger partial charge in [-0.2, -0.15) is 0 Å². The van der Waals surface area contributed by atoms with Crippen LogP contribution in [-0.4, -0.2) is 59.8 Å². The molecule has 1 N–H and O–H groups in total. The number of benzene rings is 3. The first-order chi connectivity index (χ1) is 18.6. The van der Waals surface area contributed by atoms with Gasteiger partial charge >= 0.3 is 0 Å². The normalized spacial score (nSPS) is 14.4. The quantitative estimate of drug-likeness (QED) is 0.316. The summed E-state index contributed by atoms with van der Waals surface area (Å²) in [7, 11) is 3.43. The van der Waals surface area contributed by atoms with E-state index in [0.29, 0.717) is 43.9 Å². The van der Waals surface area contributed by atoms with E-state index in [1.165, 1.54) is 11.0 Å². The van der Waals surface area contributed by atoms with E-state index in [2.05, 4.69) is 5.32 Å². The molecule has 0 radical (unpaired) electrons. The molecule has 3 aromatic carbocycles. The number of aryl methyl sites for hydroxylation is 2. The molecule has 9 nitrogen and oxygen atoms in total. The van der Waals surface area contributed by atoms with Gasteiger partial charge in [-0.3, -0.25) is 19.7 Å². The number of hydrogen-bond acceptors (Lipinski definition) is 6. The molecular weight excluding hydrogens is 496 g/mol. The Hall–Kier alpha value is -4.40. The molecule has 0 bridgehead atoms. The summed E-state index contributed by atoms with van der Waals surface area (Å²) >= 11 is 0. The average molecular weight is 531 g/mol. The molecule has 0 saturated heterocycles. The van der Waals surface area contributed by atoms with Crippen LogP contribution in [-0.2, 0) is 17.8 Å². The molecule has 2 amide bonds. The highest BCUT2D eigenvalue weighted by Gasteiger charge is 2.31. The predicted octanol–water partition coefficient (Wildman–Crippen LogP) is 4.75. The summed E-state index contributed by atoms with van der Waals surface area (Å²) in [5, 5.41) is 14.8. The highest BCUT2D eigenvalue weighted by molar-refractivity contribution is 5.95. The first-order valence-corrected chi connectivity index (χ1v) is 12.9.